The maximum Gasteiger partial charge on any atom is 0.324 e. The predicted molar refractivity (Wildman–Crippen MR) is 101 cm³/mol. The Balaban J connectivity index is 1.52. The van der Waals surface area contributed by atoms with Crippen molar-refractivity contribution in [1.82, 2.24) is 20.4 Å². The summed E-state index contributed by atoms with van der Waals surface area (Å²) in [5.41, 5.74) is 1.40. The Bertz CT molecular complexity index is 660. The second-order valence-corrected chi connectivity index (χ2v) is 6.91. The number of rotatable bonds is 4. The Hall–Kier alpha value is -2.57. The summed E-state index contributed by atoms with van der Waals surface area (Å²) >= 11 is 0. The molecule has 1 aromatic rings. The van der Waals surface area contributed by atoms with Gasteiger partial charge < -0.3 is 15.5 Å². The van der Waals surface area contributed by atoms with Gasteiger partial charge in [-0.3, -0.25) is 14.7 Å². The Kier molecular flexibility index (Phi) is 5.75. The highest BCUT2D eigenvalue weighted by Crippen LogP contribution is 2.32. The molecule has 3 amide bonds. The largest absolute Gasteiger partial charge is 0.354 e. The van der Waals surface area contributed by atoms with Crippen molar-refractivity contribution < 1.29 is 9.59 Å². The molecule has 1 aromatic carbocycles. The van der Waals surface area contributed by atoms with Crippen LogP contribution < -0.4 is 10.6 Å². The number of nitrogens with one attached hydrogen (secondary N) is 2. The second kappa shape index (κ2) is 8.21. The van der Waals surface area contributed by atoms with E-state index in [9.17, 15) is 9.59 Å². The smallest absolute Gasteiger partial charge is 0.324 e. The molecular formula is C19H27N5O2. The van der Waals surface area contributed by atoms with Gasteiger partial charge in [-0.2, -0.15) is 0 Å². The normalized spacial score (nSPS) is 24.0. The summed E-state index contributed by atoms with van der Waals surface area (Å²) in [4.78, 5) is 31.1. The van der Waals surface area contributed by atoms with Crippen molar-refractivity contribution >= 4 is 17.9 Å². The molecule has 2 aliphatic heterocycles. The van der Waals surface area contributed by atoms with E-state index in [4.69, 9.17) is 0 Å². The molecule has 0 aliphatic carbocycles. The van der Waals surface area contributed by atoms with Gasteiger partial charge in [0.25, 0.3) is 0 Å². The third kappa shape index (κ3) is 3.98. The van der Waals surface area contributed by atoms with Crippen molar-refractivity contribution in [3.63, 3.8) is 0 Å². The highest BCUT2D eigenvalue weighted by atomic mass is 16.2. The molecule has 140 valence electrons. The molecule has 2 heterocycles. The van der Waals surface area contributed by atoms with Gasteiger partial charge in [0.1, 0.15) is 0 Å². The molecule has 7 heteroatoms. The lowest BCUT2D eigenvalue weighted by atomic mass is 9.82. The lowest BCUT2D eigenvalue weighted by Crippen LogP contribution is -2.49. The summed E-state index contributed by atoms with van der Waals surface area (Å²) < 4.78 is 0. The van der Waals surface area contributed by atoms with E-state index in [-0.39, 0.29) is 18.5 Å². The molecule has 2 unspecified atom stereocenters. The molecule has 2 atom stereocenters. The average molecular weight is 357 g/mol. The van der Waals surface area contributed by atoms with E-state index in [1.54, 1.807) is 7.05 Å². The Morgan fingerprint density at radius 1 is 1.31 bits per heavy atom. The zero-order chi connectivity index (χ0) is 18.5. The third-order valence-corrected chi connectivity index (χ3v) is 5.20. The van der Waals surface area contributed by atoms with Crippen LogP contribution >= 0.6 is 0 Å². The number of hydrogen-bond donors (Lipinski definition) is 2. The first kappa shape index (κ1) is 18.2. The molecule has 0 radical (unpaired) electrons. The Labute approximate surface area is 154 Å². The summed E-state index contributed by atoms with van der Waals surface area (Å²) in [5, 5.41) is 5.81. The van der Waals surface area contributed by atoms with Crippen molar-refractivity contribution in [2.75, 3.05) is 39.8 Å². The van der Waals surface area contributed by atoms with Crippen LogP contribution in [-0.2, 0) is 4.79 Å². The fourth-order valence-electron chi connectivity index (χ4n) is 3.83. The monoisotopic (exact) mass is 357 g/mol. The van der Waals surface area contributed by atoms with Crippen molar-refractivity contribution in [2.24, 2.45) is 10.9 Å². The molecule has 0 bridgehead atoms. The van der Waals surface area contributed by atoms with E-state index in [2.05, 4.69) is 57.8 Å². The molecule has 0 saturated carbocycles. The van der Waals surface area contributed by atoms with Crippen LogP contribution in [0.2, 0.25) is 0 Å². The quantitative estimate of drug-likeness (QED) is 0.483. The van der Waals surface area contributed by atoms with Gasteiger partial charge in [-0.15, -0.1) is 0 Å². The minimum Gasteiger partial charge on any atom is -0.354 e. The highest BCUT2D eigenvalue weighted by Gasteiger charge is 2.30. The molecule has 0 aromatic heterocycles. The van der Waals surface area contributed by atoms with E-state index >= 15 is 0 Å². The van der Waals surface area contributed by atoms with E-state index in [1.165, 1.54) is 10.5 Å². The van der Waals surface area contributed by atoms with E-state index in [0.29, 0.717) is 24.9 Å². The topological polar surface area (TPSA) is 77.0 Å². The van der Waals surface area contributed by atoms with Crippen molar-refractivity contribution in [3.05, 3.63) is 35.9 Å². The summed E-state index contributed by atoms with van der Waals surface area (Å²) in [7, 11) is 1.77. The number of nitrogens with zero attached hydrogens (tertiary/aromatic N) is 3. The van der Waals surface area contributed by atoms with E-state index in [0.717, 1.165) is 25.5 Å². The first-order valence-electron chi connectivity index (χ1n) is 9.19. The summed E-state index contributed by atoms with van der Waals surface area (Å²) in [5.74, 6) is 1.74. The van der Waals surface area contributed by atoms with Gasteiger partial charge in [0.05, 0.1) is 6.54 Å². The van der Waals surface area contributed by atoms with Gasteiger partial charge in [0, 0.05) is 33.2 Å². The first-order chi connectivity index (χ1) is 12.6. The number of urea groups is 1. The third-order valence-electron chi connectivity index (χ3n) is 5.20. The van der Waals surface area contributed by atoms with Crippen molar-refractivity contribution in [2.45, 2.75) is 19.3 Å². The van der Waals surface area contributed by atoms with Crippen LogP contribution in [0.1, 0.15) is 24.8 Å². The van der Waals surface area contributed by atoms with Gasteiger partial charge in [0.2, 0.25) is 5.91 Å². The number of benzene rings is 1. The lowest BCUT2D eigenvalue weighted by molar-refractivity contribution is -0.124. The summed E-state index contributed by atoms with van der Waals surface area (Å²) in [6.45, 7) is 5.09. The van der Waals surface area contributed by atoms with Gasteiger partial charge in [-0.1, -0.05) is 37.3 Å². The number of carbonyl (C=O) groups is 2. The van der Waals surface area contributed by atoms with Crippen LogP contribution in [-0.4, -0.2) is 67.5 Å². The summed E-state index contributed by atoms with van der Waals surface area (Å²) in [6, 6.07) is 10.4. The zero-order valence-electron chi connectivity index (χ0n) is 15.4. The molecule has 2 aliphatic rings. The first-order valence-corrected chi connectivity index (χ1v) is 9.19. The van der Waals surface area contributed by atoms with Crippen molar-refractivity contribution in [1.29, 1.82) is 0 Å². The van der Waals surface area contributed by atoms with E-state index in [1.807, 2.05) is 0 Å². The fraction of sp³-hybridized carbons (Fsp3) is 0.526. The summed E-state index contributed by atoms with van der Waals surface area (Å²) in [6.07, 6.45) is 1.08. The number of hydrogen-bond acceptors (Lipinski definition) is 3. The SMILES string of the molecule is CN=C(NCCN1C(=O)CNC1=O)N1CCC(c2ccccc2)C(C)C1. The maximum atomic E-state index is 11.6. The molecule has 2 saturated heterocycles. The highest BCUT2D eigenvalue weighted by molar-refractivity contribution is 6.01. The van der Waals surface area contributed by atoms with Crippen LogP contribution in [0.4, 0.5) is 4.79 Å². The maximum absolute atomic E-state index is 11.6. The van der Waals surface area contributed by atoms with Crippen LogP contribution in [0.25, 0.3) is 0 Å². The van der Waals surface area contributed by atoms with Gasteiger partial charge >= 0.3 is 6.03 Å². The number of amides is 3. The number of likely N-dealkylation sites (tertiary alicyclic amines) is 1. The van der Waals surface area contributed by atoms with Crippen molar-refractivity contribution in [3.8, 4) is 0 Å². The van der Waals surface area contributed by atoms with Gasteiger partial charge in [-0.05, 0) is 23.8 Å². The number of piperidine rings is 1. The minimum absolute atomic E-state index is 0.0953. The molecule has 2 fully saturated rings. The molecule has 7 nitrogen and oxygen atoms in total. The molecule has 3 rings (SSSR count). The lowest BCUT2D eigenvalue weighted by Gasteiger charge is -2.39. The number of guanidine groups is 1. The van der Waals surface area contributed by atoms with Crippen LogP contribution in [0.3, 0.4) is 0 Å². The fourth-order valence-corrected chi connectivity index (χ4v) is 3.83. The van der Waals surface area contributed by atoms with Crippen LogP contribution in [0.15, 0.2) is 35.3 Å². The Morgan fingerprint density at radius 3 is 2.69 bits per heavy atom. The molecule has 0 spiro atoms. The minimum atomic E-state index is -0.316. The zero-order valence-corrected chi connectivity index (χ0v) is 15.4. The van der Waals surface area contributed by atoms with E-state index < -0.39 is 0 Å². The number of aliphatic imine (C=N–C) groups is 1. The Morgan fingerprint density at radius 2 is 2.08 bits per heavy atom. The molecular weight excluding hydrogens is 330 g/mol. The number of carbonyl (C=O) groups excluding carboxylic acids is 2. The van der Waals surface area contributed by atoms with Gasteiger partial charge in [0.15, 0.2) is 5.96 Å². The molecule has 2 N–H and O–H groups in total. The standard InChI is InChI=1S/C19H27N5O2/c1-14-13-23(10-8-16(14)15-6-4-3-5-7-15)18(20-2)21-9-11-24-17(25)12-22-19(24)26/h3-7,14,16H,8-13H2,1-2H3,(H,20,21)(H,22,26). The predicted octanol–water partition coefficient (Wildman–Crippen LogP) is 1.24. The van der Waals surface area contributed by atoms with Crippen LogP contribution in [0.5, 0.6) is 0 Å². The second-order valence-electron chi connectivity index (χ2n) is 6.91. The van der Waals surface area contributed by atoms with Gasteiger partial charge in [-0.25, -0.2) is 4.79 Å². The molecule has 26 heavy (non-hydrogen) atoms. The van der Waals surface area contributed by atoms with Crippen LogP contribution in [0, 0.1) is 5.92 Å². The number of imide groups is 1. The average Bonchev–Trinajstić information content (AvgIpc) is 2.97.